The Labute approximate surface area is 223 Å². The van der Waals surface area contributed by atoms with Gasteiger partial charge in [0.1, 0.15) is 24.7 Å². The predicted octanol–water partition coefficient (Wildman–Crippen LogP) is 4.86. The number of sulfonamides is 1. The molecule has 37 heavy (non-hydrogen) atoms. The number of anilines is 1. The summed E-state index contributed by atoms with van der Waals surface area (Å²) in [6.45, 7) is 3.18. The molecule has 0 saturated heterocycles. The molecular weight excluding hydrogens is 514 g/mol. The monoisotopic (exact) mass is 545 g/mol. The molecule has 0 fully saturated rings. The highest BCUT2D eigenvalue weighted by atomic mass is 35.5. The molecule has 8 nitrogen and oxygen atoms in total. The van der Waals surface area contributed by atoms with Crippen LogP contribution < -0.4 is 18.9 Å². The largest absolute Gasteiger partial charge is 0.493 e. The third kappa shape index (κ3) is 6.29. The van der Waals surface area contributed by atoms with Gasteiger partial charge in [-0.1, -0.05) is 23.7 Å². The second kappa shape index (κ2) is 11.6. The van der Waals surface area contributed by atoms with Gasteiger partial charge in [0.15, 0.2) is 11.5 Å². The molecule has 0 saturated carbocycles. The maximum atomic E-state index is 13.3. The van der Waals surface area contributed by atoms with E-state index in [0.29, 0.717) is 40.1 Å². The number of nitrogens with zero attached hydrogens (tertiary/aromatic N) is 2. The number of ether oxygens (including phenoxy) is 3. The minimum atomic E-state index is -3.92. The van der Waals surface area contributed by atoms with Crippen molar-refractivity contribution in [2.24, 2.45) is 0 Å². The number of aryl methyl sites for hydroxylation is 1. The summed E-state index contributed by atoms with van der Waals surface area (Å²) in [5.74, 6) is 1.76. The van der Waals surface area contributed by atoms with Gasteiger partial charge in [0.2, 0.25) is 0 Å². The molecule has 1 N–H and O–H groups in total. The van der Waals surface area contributed by atoms with Crippen molar-refractivity contribution in [3.63, 3.8) is 0 Å². The van der Waals surface area contributed by atoms with Crippen LogP contribution in [0, 0.1) is 6.92 Å². The highest BCUT2D eigenvalue weighted by Gasteiger charge is 2.25. The van der Waals surface area contributed by atoms with Crippen LogP contribution in [0.1, 0.15) is 28.8 Å². The van der Waals surface area contributed by atoms with E-state index in [1.807, 2.05) is 37.2 Å². The second-order valence-electron chi connectivity index (χ2n) is 9.17. The van der Waals surface area contributed by atoms with Crippen molar-refractivity contribution in [1.29, 1.82) is 0 Å². The number of pyridine rings is 1. The van der Waals surface area contributed by atoms with Gasteiger partial charge in [0, 0.05) is 22.8 Å². The zero-order valence-electron chi connectivity index (χ0n) is 21.5. The van der Waals surface area contributed by atoms with E-state index < -0.39 is 10.0 Å². The lowest BCUT2D eigenvalue weighted by atomic mass is 10.1. The lowest BCUT2D eigenvalue weighted by molar-refractivity contribution is 0.249. The van der Waals surface area contributed by atoms with E-state index >= 15 is 0 Å². The van der Waals surface area contributed by atoms with Crippen LogP contribution in [0.2, 0.25) is 5.02 Å². The van der Waals surface area contributed by atoms with Crippen LogP contribution in [-0.4, -0.2) is 52.7 Å². The van der Waals surface area contributed by atoms with Gasteiger partial charge in [-0.15, -0.1) is 0 Å². The van der Waals surface area contributed by atoms with Gasteiger partial charge in [-0.2, -0.15) is 0 Å². The predicted molar refractivity (Wildman–Crippen MR) is 145 cm³/mol. The zero-order chi connectivity index (χ0) is 26.6. The number of rotatable bonds is 11. The number of nitrogens with one attached hydrogen (secondary N) is 1. The molecule has 0 spiro atoms. The highest BCUT2D eigenvalue weighted by Crippen LogP contribution is 2.38. The summed E-state index contributed by atoms with van der Waals surface area (Å²) in [4.78, 5) is 6.65. The summed E-state index contributed by atoms with van der Waals surface area (Å²) in [5, 5.41) is 0.384. The maximum absolute atomic E-state index is 13.3. The summed E-state index contributed by atoms with van der Waals surface area (Å²) >= 11 is 6.18. The van der Waals surface area contributed by atoms with Gasteiger partial charge in [-0.05, 0) is 75.7 Å². The average molecular weight is 546 g/mol. The van der Waals surface area contributed by atoms with Crippen LogP contribution in [-0.2, 0) is 29.5 Å². The third-order valence-electron chi connectivity index (χ3n) is 6.22. The Balaban J connectivity index is 1.60. The molecule has 1 aromatic heterocycles. The van der Waals surface area contributed by atoms with E-state index in [2.05, 4.69) is 9.71 Å². The molecule has 2 aromatic carbocycles. The molecular formula is C27H32ClN3O5S. The topological polar surface area (TPSA) is 90.0 Å². The fourth-order valence-corrected chi connectivity index (χ4v) is 5.76. The number of aromatic nitrogens is 1. The molecule has 1 aliphatic rings. The molecule has 0 atom stereocenters. The first-order valence-corrected chi connectivity index (χ1v) is 13.9. The molecule has 3 aromatic rings. The maximum Gasteiger partial charge on any atom is 0.262 e. The molecule has 0 unspecified atom stereocenters. The molecule has 0 radical (unpaired) electrons. The Hall–Kier alpha value is -3.01. The Morgan fingerprint density at radius 1 is 1.11 bits per heavy atom. The summed E-state index contributed by atoms with van der Waals surface area (Å²) in [6.07, 6.45) is 4.07. The van der Waals surface area contributed by atoms with Crippen LogP contribution in [0.3, 0.4) is 0 Å². The van der Waals surface area contributed by atoms with Gasteiger partial charge in [0.25, 0.3) is 10.0 Å². The molecule has 0 bridgehead atoms. The van der Waals surface area contributed by atoms with Crippen molar-refractivity contribution in [2.45, 2.75) is 37.7 Å². The molecule has 1 aliphatic carbocycles. The minimum Gasteiger partial charge on any atom is -0.493 e. The summed E-state index contributed by atoms with van der Waals surface area (Å²) < 4.78 is 46.9. The van der Waals surface area contributed by atoms with Gasteiger partial charge >= 0.3 is 0 Å². The lowest BCUT2D eigenvalue weighted by Gasteiger charge is -2.18. The molecule has 4 rings (SSSR count). The fraction of sp³-hybridized carbons (Fsp3) is 0.370. The van der Waals surface area contributed by atoms with Crippen molar-refractivity contribution in [3.05, 3.63) is 70.0 Å². The highest BCUT2D eigenvalue weighted by molar-refractivity contribution is 7.92. The third-order valence-corrected chi connectivity index (χ3v) is 8.14. The summed E-state index contributed by atoms with van der Waals surface area (Å²) in [7, 11) is 1.65. The molecule has 1 heterocycles. The number of benzene rings is 2. The van der Waals surface area contributed by atoms with E-state index in [4.69, 9.17) is 25.8 Å². The van der Waals surface area contributed by atoms with Crippen LogP contribution in [0.4, 0.5) is 5.69 Å². The number of methoxy groups -OCH3 is 1. The first kappa shape index (κ1) is 27.0. The van der Waals surface area contributed by atoms with E-state index in [9.17, 15) is 8.42 Å². The van der Waals surface area contributed by atoms with E-state index in [0.717, 1.165) is 42.6 Å². The van der Waals surface area contributed by atoms with E-state index in [1.54, 1.807) is 26.2 Å². The van der Waals surface area contributed by atoms with Crippen molar-refractivity contribution in [1.82, 2.24) is 9.88 Å². The quantitative estimate of drug-likeness (QED) is 0.368. The normalized spacial score (nSPS) is 12.9. The Morgan fingerprint density at radius 2 is 1.92 bits per heavy atom. The van der Waals surface area contributed by atoms with Crippen molar-refractivity contribution in [2.75, 3.05) is 39.1 Å². The Morgan fingerprint density at radius 3 is 2.68 bits per heavy atom. The Bertz CT molecular complexity index is 1380. The molecule has 10 heteroatoms. The van der Waals surface area contributed by atoms with Crippen molar-refractivity contribution in [3.8, 4) is 17.2 Å². The van der Waals surface area contributed by atoms with Crippen LogP contribution in [0.25, 0.3) is 0 Å². The smallest absolute Gasteiger partial charge is 0.262 e. The Kier molecular flexibility index (Phi) is 8.46. The zero-order valence-corrected chi connectivity index (χ0v) is 23.1. The molecule has 0 amide bonds. The number of hydrogen-bond donors (Lipinski definition) is 1. The molecule has 198 valence electrons. The van der Waals surface area contributed by atoms with E-state index in [1.165, 1.54) is 12.3 Å². The fourth-order valence-electron chi connectivity index (χ4n) is 4.21. The second-order valence-corrected chi connectivity index (χ2v) is 11.2. The van der Waals surface area contributed by atoms with E-state index in [-0.39, 0.29) is 11.5 Å². The number of halogens is 1. The van der Waals surface area contributed by atoms with Gasteiger partial charge < -0.3 is 19.1 Å². The van der Waals surface area contributed by atoms with Crippen LogP contribution in [0.5, 0.6) is 17.2 Å². The average Bonchev–Trinajstić information content (AvgIpc) is 3.33. The first-order chi connectivity index (χ1) is 17.7. The lowest BCUT2D eigenvalue weighted by Crippen LogP contribution is -2.19. The summed E-state index contributed by atoms with van der Waals surface area (Å²) in [5.41, 5.74) is 3.51. The number of hydrogen-bond acceptors (Lipinski definition) is 7. The summed E-state index contributed by atoms with van der Waals surface area (Å²) in [6, 6.07) is 10.4. The molecule has 0 aliphatic heterocycles. The first-order valence-electron chi connectivity index (χ1n) is 12.1. The van der Waals surface area contributed by atoms with Gasteiger partial charge in [-0.25, -0.2) is 8.42 Å². The minimum absolute atomic E-state index is 0.112. The van der Waals surface area contributed by atoms with Crippen LogP contribution in [0.15, 0.2) is 47.5 Å². The van der Waals surface area contributed by atoms with Gasteiger partial charge in [-0.3, -0.25) is 9.71 Å². The standard InChI is InChI=1S/C27H32ClN3O5S/c1-18-21(28)8-6-10-26(18)37(32,33)30-23-16-29-22-9-5-7-20(22)27(23)36-17-19-11-12-24(34-4)25(15-19)35-14-13-31(2)3/h6,8,10-12,15-16,30H,5,7,9,13-14,17H2,1-4H3. The number of likely N-dealkylation sites (N-methyl/N-ethyl adjacent to an activating group) is 1. The SMILES string of the molecule is COc1ccc(COc2c(NS(=O)(=O)c3cccc(Cl)c3C)cnc3c2CCC3)cc1OCCN(C)C. The van der Waals surface area contributed by atoms with Crippen LogP contribution >= 0.6 is 11.6 Å². The van der Waals surface area contributed by atoms with Gasteiger partial charge in [0.05, 0.1) is 18.2 Å². The number of fused-ring (bicyclic) bond motifs is 1. The van der Waals surface area contributed by atoms with Crippen molar-refractivity contribution < 1.29 is 22.6 Å². The van der Waals surface area contributed by atoms with Crippen molar-refractivity contribution >= 4 is 27.3 Å².